The SMILES string of the molecule is NC(CCSCCCn1c(=O)[nH]c2ccccc21)C(=O)O. The molecule has 1 aromatic carbocycles. The predicted octanol–water partition coefficient (Wildman–Crippen LogP) is 1.25. The third-order valence-corrected chi connectivity index (χ3v) is 4.34. The van der Waals surface area contributed by atoms with Crippen LogP contribution in [0.2, 0.25) is 0 Å². The number of aryl methyl sites for hydroxylation is 1. The second kappa shape index (κ2) is 7.33. The number of carboxylic acids is 1. The maximum absolute atomic E-state index is 11.8. The van der Waals surface area contributed by atoms with Crippen molar-refractivity contribution in [2.75, 3.05) is 11.5 Å². The molecule has 0 amide bonds. The molecule has 0 fully saturated rings. The van der Waals surface area contributed by atoms with Crippen molar-refractivity contribution in [1.29, 1.82) is 0 Å². The lowest BCUT2D eigenvalue weighted by Crippen LogP contribution is -2.30. The summed E-state index contributed by atoms with van der Waals surface area (Å²) in [5.74, 6) is 0.634. The third-order valence-electron chi connectivity index (χ3n) is 3.24. The van der Waals surface area contributed by atoms with Crippen LogP contribution in [0.25, 0.3) is 11.0 Å². The lowest BCUT2D eigenvalue weighted by molar-refractivity contribution is -0.138. The zero-order valence-corrected chi connectivity index (χ0v) is 12.4. The zero-order valence-electron chi connectivity index (χ0n) is 11.6. The predicted molar refractivity (Wildman–Crippen MR) is 84.7 cm³/mol. The number of imidazole rings is 1. The van der Waals surface area contributed by atoms with Gasteiger partial charge in [-0.2, -0.15) is 11.8 Å². The number of fused-ring (bicyclic) bond motifs is 1. The topological polar surface area (TPSA) is 101 Å². The molecule has 1 unspecified atom stereocenters. The van der Waals surface area contributed by atoms with E-state index in [-0.39, 0.29) is 5.69 Å². The first-order valence-electron chi connectivity index (χ1n) is 6.83. The number of thioether (sulfide) groups is 1. The number of nitrogens with one attached hydrogen (secondary N) is 1. The molecule has 0 saturated carbocycles. The van der Waals surface area contributed by atoms with E-state index >= 15 is 0 Å². The molecule has 6 nitrogen and oxygen atoms in total. The highest BCUT2D eigenvalue weighted by molar-refractivity contribution is 7.99. The van der Waals surface area contributed by atoms with Crippen molar-refractivity contribution < 1.29 is 9.90 Å². The third kappa shape index (κ3) is 4.12. The number of carboxylic acid groups (broad SMARTS) is 1. The Morgan fingerprint density at radius 3 is 2.90 bits per heavy atom. The number of aromatic nitrogens is 2. The lowest BCUT2D eigenvalue weighted by Gasteiger charge is -2.06. The van der Waals surface area contributed by atoms with Crippen LogP contribution in [-0.4, -0.2) is 38.2 Å². The van der Waals surface area contributed by atoms with Crippen molar-refractivity contribution in [1.82, 2.24) is 9.55 Å². The second-order valence-electron chi connectivity index (χ2n) is 4.80. The summed E-state index contributed by atoms with van der Waals surface area (Å²) in [6, 6.07) is 6.83. The van der Waals surface area contributed by atoms with Crippen LogP contribution in [0.4, 0.5) is 0 Å². The molecule has 7 heteroatoms. The first-order valence-corrected chi connectivity index (χ1v) is 7.98. The van der Waals surface area contributed by atoms with Crippen LogP contribution in [0.1, 0.15) is 12.8 Å². The van der Waals surface area contributed by atoms with E-state index in [1.54, 1.807) is 16.3 Å². The fraction of sp³-hybridized carbons (Fsp3) is 0.429. The number of nitrogens with zero attached hydrogens (tertiary/aromatic N) is 1. The van der Waals surface area contributed by atoms with Gasteiger partial charge in [0, 0.05) is 6.54 Å². The maximum Gasteiger partial charge on any atom is 0.326 e. The largest absolute Gasteiger partial charge is 0.480 e. The highest BCUT2D eigenvalue weighted by atomic mass is 32.2. The Hall–Kier alpha value is -1.73. The summed E-state index contributed by atoms with van der Waals surface area (Å²) in [6.45, 7) is 0.654. The van der Waals surface area contributed by atoms with Gasteiger partial charge >= 0.3 is 11.7 Å². The number of benzene rings is 1. The van der Waals surface area contributed by atoms with E-state index in [0.717, 1.165) is 29.0 Å². The smallest absolute Gasteiger partial charge is 0.326 e. The van der Waals surface area contributed by atoms with E-state index in [2.05, 4.69) is 4.98 Å². The summed E-state index contributed by atoms with van der Waals surface area (Å²) in [5, 5.41) is 8.67. The highest BCUT2D eigenvalue weighted by Crippen LogP contribution is 2.11. The number of H-pyrrole nitrogens is 1. The van der Waals surface area contributed by atoms with Crippen molar-refractivity contribution in [3.05, 3.63) is 34.7 Å². The van der Waals surface area contributed by atoms with Gasteiger partial charge in [0.1, 0.15) is 6.04 Å². The van der Waals surface area contributed by atoms with Gasteiger partial charge in [-0.05, 0) is 36.5 Å². The summed E-state index contributed by atoms with van der Waals surface area (Å²) in [6.07, 6.45) is 1.32. The van der Waals surface area contributed by atoms with E-state index in [9.17, 15) is 9.59 Å². The molecule has 0 aliphatic rings. The summed E-state index contributed by atoms with van der Waals surface area (Å²) in [5.41, 5.74) is 7.11. The Labute approximate surface area is 126 Å². The lowest BCUT2D eigenvalue weighted by atomic mass is 10.2. The molecule has 1 heterocycles. The van der Waals surface area contributed by atoms with Gasteiger partial charge < -0.3 is 15.8 Å². The first kappa shape index (κ1) is 15.7. The highest BCUT2D eigenvalue weighted by Gasteiger charge is 2.10. The van der Waals surface area contributed by atoms with E-state index in [0.29, 0.717) is 13.0 Å². The average molecular weight is 309 g/mol. The summed E-state index contributed by atoms with van der Waals surface area (Å²) in [7, 11) is 0. The molecule has 1 aromatic heterocycles. The number of aliphatic carboxylic acids is 1. The minimum Gasteiger partial charge on any atom is -0.480 e. The number of aromatic amines is 1. The van der Waals surface area contributed by atoms with Crippen LogP contribution in [0, 0.1) is 0 Å². The monoisotopic (exact) mass is 309 g/mol. The Morgan fingerprint density at radius 2 is 2.14 bits per heavy atom. The molecule has 2 rings (SSSR count). The molecule has 1 atom stereocenters. The minimum absolute atomic E-state index is 0.0888. The standard InChI is InChI=1S/C14H19N3O3S/c15-10(13(18)19)6-9-21-8-3-7-17-12-5-2-1-4-11(12)16-14(17)20/h1-2,4-5,10H,3,6-9,15H2,(H,16,20)(H,18,19). The molecule has 0 aliphatic carbocycles. The van der Waals surface area contributed by atoms with E-state index in [1.807, 2.05) is 24.3 Å². The fourth-order valence-electron chi connectivity index (χ4n) is 2.09. The molecular formula is C14H19N3O3S. The van der Waals surface area contributed by atoms with Gasteiger partial charge in [-0.15, -0.1) is 0 Å². The Balaban J connectivity index is 1.77. The van der Waals surface area contributed by atoms with Gasteiger partial charge in [0.25, 0.3) is 0 Å². The van der Waals surface area contributed by atoms with Crippen LogP contribution in [0.15, 0.2) is 29.1 Å². The molecule has 0 aliphatic heterocycles. The van der Waals surface area contributed by atoms with Crippen molar-refractivity contribution >= 4 is 28.8 Å². The van der Waals surface area contributed by atoms with Crippen molar-refractivity contribution in [2.45, 2.75) is 25.4 Å². The van der Waals surface area contributed by atoms with Gasteiger partial charge in [0.05, 0.1) is 11.0 Å². The van der Waals surface area contributed by atoms with Gasteiger partial charge in [-0.1, -0.05) is 12.1 Å². The second-order valence-corrected chi connectivity index (χ2v) is 6.02. The van der Waals surface area contributed by atoms with Crippen LogP contribution in [0.5, 0.6) is 0 Å². The Bertz CT molecular complexity index is 665. The summed E-state index contributed by atoms with van der Waals surface area (Å²) < 4.78 is 1.73. The van der Waals surface area contributed by atoms with Crippen LogP contribution in [0.3, 0.4) is 0 Å². The minimum atomic E-state index is -0.957. The molecule has 114 valence electrons. The molecule has 2 aromatic rings. The van der Waals surface area contributed by atoms with Gasteiger partial charge in [-0.3, -0.25) is 9.36 Å². The summed E-state index contributed by atoms with van der Waals surface area (Å²) in [4.78, 5) is 25.2. The van der Waals surface area contributed by atoms with E-state index < -0.39 is 12.0 Å². The van der Waals surface area contributed by atoms with E-state index in [1.165, 1.54) is 0 Å². The molecule has 0 radical (unpaired) electrons. The van der Waals surface area contributed by atoms with Crippen molar-refractivity contribution in [2.24, 2.45) is 5.73 Å². The number of para-hydroxylation sites is 2. The number of nitrogens with two attached hydrogens (primary N) is 1. The Kier molecular flexibility index (Phi) is 5.46. The van der Waals surface area contributed by atoms with Crippen molar-refractivity contribution in [3.63, 3.8) is 0 Å². The fourth-order valence-corrected chi connectivity index (χ4v) is 3.05. The first-order chi connectivity index (χ1) is 10.1. The normalized spacial score (nSPS) is 12.6. The number of hydrogen-bond donors (Lipinski definition) is 3. The molecular weight excluding hydrogens is 290 g/mol. The zero-order chi connectivity index (χ0) is 15.2. The Morgan fingerprint density at radius 1 is 1.38 bits per heavy atom. The molecule has 21 heavy (non-hydrogen) atoms. The molecule has 4 N–H and O–H groups in total. The van der Waals surface area contributed by atoms with Crippen LogP contribution >= 0.6 is 11.8 Å². The van der Waals surface area contributed by atoms with E-state index in [4.69, 9.17) is 10.8 Å². The number of carbonyl (C=O) groups is 1. The van der Waals surface area contributed by atoms with Crippen molar-refractivity contribution in [3.8, 4) is 0 Å². The van der Waals surface area contributed by atoms with Gasteiger partial charge in [-0.25, -0.2) is 4.79 Å². The average Bonchev–Trinajstić information content (AvgIpc) is 2.78. The molecule has 0 bridgehead atoms. The van der Waals surface area contributed by atoms with Gasteiger partial charge in [0.2, 0.25) is 0 Å². The molecule has 0 spiro atoms. The van der Waals surface area contributed by atoms with Crippen LogP contribution < -0.4 is 11.4 Å². The number of hydrogen-bond acceptors (Lipinski definition) is 4. The quantitative estimate of drug-likeness (QED) is 0.637. The maximum atomic E-state index is 11.8. The number of rotatable bonds is 8. The summed E-state index contributed by atoms with van der Waals surface area (Å²) >= 11 is 1.66. The van der Waals surface area contributed by atoms with Crippen LogP contribution in [-0.2, 0) is 11.3 Å². The molecule has 0 saturated heterocycles. The van der Waals surface area contributed by atoms with Gasteiger partial charge in [0.15, 0.2) is 0 Å².